The molecule has 1 aromatic carbocycles. The van der Waals surface area contributed by atoms with Crippen molar-refractivity contribution in [1.82, 2.24) is 5.32 Å². The SMILES string of the molecule is CNCc1cccc(SCCCC(C)C)c1. The maximum atomic E-state index is 3.18. The standard InChI is InChI=1S/C14H23NS/c1-12(2)6-5-9-16-14-8-4-7-13(10-14)11-15-3/h4,7-8,10,12,15H,5-6,9,11H2,1-3H3. The third kappa shape index (κ3) is 5.57. The van der Waals surface area contributed by atoms with Crippen LogP contribution in [0.1, 0.15) is 32.3 Å². The fourth-order valence-electron chi connectivity index (χ4n) is 1.63. The largest absolute Gasteiger partial charge is 0.316 e. The van der Waals surface area contributed by atoms with Crippen LogP contribution in [-0.4, -0.2) is 12.8 Å². The van der Waals surface area contributed by atoms with Crippen LogP contribution in [0.4, 0.5) is 0 Å². The molecule has 0 aliphatic carbocycles. The summed E-state index contributed by atoms with van der Waals surface area (Å²) in [5.41, 5.74) is 1.37. The predicted molar refractivity (Wildman–Crippen MR) is 74.0 cm³/mol. The Morgan fingerprint density at radius 2 is 2.12 bits per heavy atom. The molecule has 0 saturated heterocycles. The number of nitrogens with one attached hydrogen (secondary N) is 1. The van der Waals surface area contributed by atoms with Crippen molar-refractivity contribution in [1.29, 1.82) is 0 Å². The zero-order valence-electron chi connectivity index (χ0n) is 10.6. The van der Waals surface area contributed by atoms with E-state index in [1.165, 1.54) is 29.1 Å². The Morgan fingerprint density at radius 3 is 2.81 bits per heavy atom. The lowest BCUT2D eigenvalue weighted by Gasteiger charge is -2.06. The van der Waals surface area contributed by atoms with Crippen LogP contribution in [-0.2, 0) is 6.54 Å². The first kappa shape index (κ1) is 13.6. The molecule has 1 N–H and O–H groups in total. The van der Waals surface area contributed by atoms with Crippen molar-refractivity contribution >= 4 is 11.8 Å². The molecule has 0 radical (unpaired) electrons. The molecule has 1 aromatic rings. The topological polar surface area (TPSA) is 12.0 Å². The van der Waals surface area contributed by atoms with Gasteiger partial charge in [-0.25, -0.2) is 0 Å². The maximum absolute atomic E-state index is 3.18. The Balaban J connectivity index is 2.33. The van der Waals surface area contributed by atoms with Gasteiger partial charge in [0.15, 0.2) is 0 Å². The molecule has 0 fully saturated rings. The molecule has 0 aliphatic heterocycles. The highest BCUT2D eigenvalue weighted by Gasteiger charge is 1.98. The molecular formula is C14H23NS. The molecule has 0 heterocycles. The van der Waals surface area contributed by atoms with Crippen molar-refractivity contribution in [2.24, 2.45) is 5.92 Å². The van der Waals surface area contributed by atoms with E-state index < -0.39 is 0 Å². The summed E-state index contributed by atoms with van der Waals surface area (Å²) in [4.78, 5) is 1.40. The highest BCUT2D eigenvalue weighted by atomic mass is 32.2. The lowest BCUT2D eigenvalue weighted by Crippen LogP contribution is -2.04. The minimum Gasteiger partial charge on any atom is -0.316 e. The normalized spacial score (nSPS) is 11.0. The number of hydrogen-bond acceptors (Lipinski definition) is 2. The van der Waals surface area contributed by atoms with Gasteiger partial charge in [0, 0.05) is 11.4 Å². The highest BCUT2D eigenvalue weighted by molar-refractivity contribution is 7.99. The number of rotatable bonds is 7. The first-order valence-corrected chi connectivity index (χ1v) is 7.07. The summed E-state index contributed by atoms with van der Waals surface area (Å²) in [6.45, 7) is 5.54. The zero-order valence-corrected chi connectivity index (χ0v) is 11.4. The Hall–Kier alpha value is -0.470. The van der Waals surface area contributed by atoms with Gasteiger partial charge in [0.05, 0.1) is 0 Å². The smallest absolute Gasteiger partial charge is 0.0202 e. The number of hydrogen-bond donors (Lipinski definition) is 1. The van der Waals surface area contributed by atoms with E-state index >= 15 is 0 Å². The molecule has 16 heavy (non-hydrogen) atoms. The molecule has 0 unspecified atom stereocenters. The predicted octanol–water partition coefficient (Wildman–Crippen LogP) is 3.93. The summed E-state index contributed by atoms with van der Waals surface area (Å²) < 4.78 is 0. The Kier molecular flexibility index (Phi) is 6.58. The van der Waals surface area contributed by atoms with Crippen LogP contribution in [0, 0.1) is 5.92 Å². The van der Waals surface area contributed by atoms with Gasteiger partial charge in [-0.1, -0.05) is 32.4 Å². The molecule has 90 valence electrons. The minimum atomic E-state index is 0.830. The quantitative estimate of drug-likeness (QED) is 0.569. The van der Waals surface area contributed by atoms with E-state index in [9.17, 15) is 0 Å². The van der Waals surface area contributed by atoms with E-state index in [2.05, 4.69) is 43.4 Å². The van der Waals surface area contributed by atoms with Gasteiger partial charge in [-0.05, 0) is 42.8 Å². The molecule has 1 rings (SSSR count). The highest BCUT2D eigenvalue weighted by Crippen LogP contribution is 2.21. The number of benzene rings is 1. The molecule has 0 aromatic heterocycles. The van der Waals surface area contributed by atoms with Gasteiger partial charge in [0.25, 0.3) is 0 Å². The van der Waals surface area contributed by atoms with E-state index in [0.717, 1.165) is 12.5 Å². The molecule has 0 spiro atoms. The lowest BCUT2D eigenvalue weighted by atomic mass is 10.1. The van der Waals surface area contributed by atoms with Gasteiger partial charge < -0.3 is 5.32 Å². The van der Waals surface area contributed by atoms with Crippen molar-refractivity contribution in [2.45, 2.75) is 38.1 Å². The second-order valence-electron chi connectivity index (χ2n) is 4.56. The van der Waals surface area contributed by atoms with Crippen molar-refractivity contribution in [3.05, 3.63) is 29.8 Å². The minimum absolute atomic E-state index is 0.830. The first-order chi connectivity index (χ1) is 7.72. The van der Waals surface area contributed by atoms with Crippen molar-refractivity contribution in [3.63, 3.8) is 0 Å². The van der Waals surface area contributed by atoms with Gasteiger partial charge >= 0.3 is 0 Å². The molecule has 2 heteroatoms. The average molecular weight is 237 g/mol. The van der Waals surface area contributed by atoms with Gasteiger partial charge in [-0.2, -0.15) is 0 Å². The Morgan fingerprint density at radius 1 is 1.31 bits per heavy atom. The maximum Gasteiger partial charge on any atom is 0.0202 e. The third-order valence-electron chi connectivity index (χ3n) is 2.47. The van der Waals surface area contributed by atoms with Crippen molar-refractivity contribution in [2.75, 3.05) is 12.8 Å². The molecular weight excluding hydrogens is 214 g/mol. The lowest BCUT2D eigenvalue weighted by molar-refractivity contribution is 0.579. The summed E-state index contributed by atoms with van der Waals surface area (Å²) in [6, 6.07) is 8.82. The van der Waals surface area contributed by atoms with Gasteiger partial charge in [-0.3, -0.25) is 0 Å². The number of thioether (sulfide) groups is 1. The van der Waals surface area contributed by atoms with Crippen LogP contribution in [0.5, 0.6) is 0 Å². The summed E-state index contributed by atoms with van der Waals surface area (Å²) in [5, 5.41) is 3.18. The fraction of sp³-hybridized carbons (Fsp3) is 0.571. The molecule has 0 atom stereocenters. The van der Waals surface area contributed by atoms with Crippen LogP contribution < -0.4 is 5.32 Å². The van der Waals surface area contributed by atoms with E-state index in [1.54, 1.807) is 0 Å². The van der Waals surface area contributed by atoms with E-state index in [4.69, 9.17) is 0 Å². The Bertz CT molecular complexity index is 297. The van der Waals surface area contributed by atoms with E-state index in [-0.39, 0.29) is 0 Å². The summed E-state index contributed by atoms with van der Waals surface area (Å²) in [5.74, 6) is 2.07. The van der Waals surface area contributed by atoms with Crippen molar-refractivity contribution < 1.29 is 0 Å². The second-order valence-corrected chi connectivity index (χ2v) is 5.73. The van der Waals surface area contributed by atoms with Crippen LogP contribution in [0.2, 0.25) is 0 Å². The molecule has 1 nitrogen and oxygen atoms in total. The average Bonchev–Trinajstić information content (AvgIpc) is 2.25. The summed E-state index contributed by atoms with van der Waals surface area (Å²) in [6.07, 6.45) is 2.65. The van der Waals surface area contributed by atoms with E-state index in [0.29, 0.717) is 0 Å². The van der Waals surface area contributed by atoms with Gasteiger partial charge in [0.2, 0.25) is 0 Å². The van der Waals surface area contributed by atoms with Crippen LogP contribution in [0.25, 0.3) is 0 Å². The second kappa shape index (κ2) is 7.75. The van der Waals surface area contributed by atoms with Crippen LogP contribution >= 0.6 is 11.8 Å². The van der Waals surface area contributed by atoms with Crippen molar-refractivity contribution in [3.8, 4) is 0 Å². The summed E-state index contributed by atoms with van der Waals surface area (Å²) in [7, 11) is 1.99. The van der Waals surface area contributed by atoms with Gasteiger partial charge in [0.1, 0.15) is 0 Å². The summed E-state index contributed by atoms with van der Waals surface area (Å²) >= 11 is 1.97. The molecule has 0 amide bonds. The Labute approximate surface area is 104 Å². The molecule has 0 saturated carbocycles. The monoisotopic (exact) mass is 237 g/mol. The van der Waals surface area contributed by atoms with E-state index in [1.807, 2.05) is 18.8 Å². The first-order valence-electron chi connectivity index (χ1n) is 6.08. The molecule has 0 aliphatic rings. The third-order valence-corrected chi connectivity index (χ3v) is 3.55. The van der Waals surface area contributed by atoms with Crippen LogP contribution in [0.15, 0.2) is 29.2 Å². The molecule has 0 bridgehead atoms. The van der Waals surface area contributed by atoms with Crippen LogP contribution in [0.3, 0.4) is 0 Å². The van der Waals surface area contributed by atoms with Gasteiger partial charge in [-0.15, -0.1) is 11.8 Å². The zero-order chi connectivity index (χ0) is 11.8. The fourth-order valence-corrected chi connectivity index (χ4v) is 2.59.